The topological polar surface area (TPSA) is 74.8 Å². The smallest absolute Gasteiger partial charge is 0.226 e. The van der Waals surface area contributed by atoms with E-state index >= 15 is 0 Å². The van der Waals surface area contributed by atoms with Crippen molar-refractivity contribution in [3.8, 4) is 11.5 Å². The first-order valence-electron chi connectivity index (χ1n) is 8.37. The Hall–Kier alpha value is -2.24. The number of hydrogen-bond acceptors (Lipinski definition) is 4. The van der Waals surface area contributed by atoms with Gasteiger partial charge in [-0.25, -0.2) is 9.97 Å². The van der Waals surface area contributed by atoms with Crippen LogP contribution in [0.5, 0.6) is 0 Å². The number of nitrogens with one attached hydrogen (secondary N) is 1. The van der Waals surface area contributed by atoms with E-state index in [4.69, 9.17) is 0 Å². The largest absolute Gasteiger partial charge is 0.343 e. The predicted molar refractivity (Wildman–Crippen MR) is 87.4 cm³/mol. The van der Waals surface area contributed by atoms with Crippen molar-refractivity contribution in [1.82, 2.24) is 24.8 Å². The van der Waals surface area contributed by atoms with Crippen molar-refractivity contribution in [1.29, 1.82) is 0 Å². The second-order valence-electron chi connectivity index (χ2n) is 5.93. The maximum absolute atomic E-state index is 12.8. The molecule has 3 heterocycles. The molecule has 1 fully saturated rings. The van der Waals surface area contributed by atoms with E-state index in [2.05, 4.69) is 33.8 Å². The fourth-order valence-corrected chi connectivity index (χ4v) is 3.36. The molecule has 1 unspecified atom stereocenters. The molecule has 0 saturated carbocycles. The van der Waals surface area contributed by atoms with Crippen molar-refractivity contribution in [3.05, 3.63) is 30.5 Å². The van der Waals surface area contributed by atoms with Crippen LogP contribution in [-0.2, 0) is 4.79 Å². The zero-order valence-electron chi connectivity index (χ0n) is 13.7. The van der Waals surface area contributed by atoms with Crippen LogP contribution < -0.4 is 0 Å². The summed E-state index contributed by atoms with van der Waals surface area (Å²) in [4.78, 5) is 31.2. The second kappa shape index (κ2) is 6.89. The van der Waals surface area contributed by atoms with Gasteiger partial charge in [0.25, 0.3) is 0 Å². The lowest BCUT2D eigenvalue weighted by atomic mass is 10.0. The molecule has 3 rings (SSSR count). The summed E-state index contributed by atoms with van der Waals surface area (Å²) in [7, 11) is 0. The van der Waals surface area contributed by atoms with Gasteiger partial charge in [0.05, 0.1) is 11.7 Å². The fourth-order valence-electron chi connectivity index (χ4n) is 3.36. The molecule has 2 aromatic heterocycles. The van der Waals surface area contributed by atoms with Gasteiger partial charge in [0.2, 0.25) is 5.91 Å². The Bertz CT molecular complexity index is 651. The molecule has 23 heavy (non-hydrogen) atoms. The molecule has 1 amide bonds. The summed E-state index contributed by atoms with van der Waals surface area (Å²) in [5.41, 5.74) is 1.59. The summed E-state index contributed by atoms with van der Waals surface area (Å²) in [5, 5.41) is 0. The standard InChI is InChI=1S/C17H23N5O/c1-3-12(4-2)17(23)22-11-5-6-13(22)14-15(19-8-7-18-14)16-20-9-10-21-16/h7-10,12-13H,3-6,11H2,1-2H3,(H,20,21). The summed E-state index contributed by atoms with van der Waals surface area (Å²) in [5.74, 6) is 1.04. The highest BCUT2D eigenvalue weighted by atomic mass is 16.2. The third-order valence-electron chi connectivity index (χ3n) is 4.64. The van der Waals surface area contributed by atoms with Gasteiger partial charge in [-0.05, 0) is 25.7 Å². The lowest BCUT2D eigenvalue weighted by Crippen LogP contribution is -2.36. The average Bonchev–Trinajstić information content (AvgIpc) is 3.27. The first-order chi connectivity index (χ1) is 11.3. The number of carbonyl (C=O) groups is 1. The summed E-state index contributed by atoms with van der Waals surface area (Å²) in [6.07, 6.45) is 10.5. The van der Waals surface area contributed by atoms with Gasteiger partial charge in [-0.15, -0.1) is 0 Å². The Morgan fingerprint density at radius 3 is 2.74 bits per heavy atom. The number of imidazole rings is 1. The lowest BCUT2D eigenvalue weighted by Gasteiger charge is -2.28. The van der Waals surface area contributed by atoms with Gasteiger partial charge in [-0.3, -0.25) is 9.78 Å². The predicted octanol–water partition coefficient (Wildman–Crippen LogP) is 2.97. The first kappa shape index (κ1) is 15.6. The molecule has 6 heteroatoms. The minimum atomic E-state index is -0.00287. The fraction of sp³-hybridized carbons (Fsp3) is 0.529. The number of likely N-dealkylation sites (tertiary alicyclic amines) is 1. The minimum Gasteiger partial charge on any atom is -0.343 e. The summed E-state index contributed by atoms with van der Waals surface area (Å²) in [6, 6.07) is -0.00287. The Labute approximate surface area is 136 Å². The second-order valence-corrected chi connectivity index (χ2v) is 5.93. The van der Waals surface area contributed by atoms with E-state index in [1.165, 1.54) is 0 Å². The molecule has 2 aromatic rings. The minimum absolute atomic E-state index is 0.00287. The van der Waals surface area contributed by atoms with Crippen molar-refractivity contribution in [2.75, 3.05) is 6.54 Å². The van der Waals surface area contributed by atoms with Crippen LogP contribution in [0.3, 0.4) is 0 Å². The maximum Gasteiger partial charge on any atom is 0.226 e. The summed E-state index contributed by atoms with van der Waals surface area (Å²) in [6.45, 7) is 4.95. The number of nitrogens with zero attached hydrogens (tertiary/aromatic N) is 4. The molecular formula is C17H23N5O. The van der Waals surface area contributed by atoms with Gasteiger partial charge in [0.15, 0.2) is 5.82 Å². The molecule has 1 aliphatic rings. The number of amides is 1. The Morgan fingerprint density at radius 2 is 2.04 bits per heavy atom. The SMILES string of the molecule is CCC(CC)C(=O)N1CCCC1c1nccnc1-c1ncc[nH]1. The van der Waals surface area contributed by atoms with Crippen molar-refractivity contribution >= 4 is 5.91 Å². The van der Waals surface area contributed by atoms with E-state index in [9.17, 15) is 4.79 Å². The lowest BCUT2D eigenvalue weighted by molar-refractivity contribution is -0.136. The van der Waals surface area contributed by atoms with E-state index in [-0.39, 0.29) is 17.9 Å². The van der Waals surface area contributed by atoms with Crippen LogP contribution in [0.25, 0.3) is 11.5 Å². The molecule has 1 N–H and O–H groups in total. The van der Waals surface area contributed by atoms with Crippen molar-refractivity contribution in [2.24, 2.45) is 5.92 Å². The van der Waals surface area contributed by atoms with E-state index in [1.54, 1.807) is 24.8 Å². The molecule has 6 nitrogen and oxygen atoms in total. The number of hydrogen-bond donors (Lipinski definition) is 1. The van der Waals surface area contributed by atoms with Crippen molar-refractivity contribution in [2.45, 2.75) is 45.6 Å². The number of aromatic amines is 1. The molecule has 0 spiro atoms. The van der Waals surface area contributed by atoms with Crippen LogP contribution in [0.15, 0.2) is 24.8 Å². The zero-order chi connectivity index (χ0) is 16.2. The Morgan fingerprint density at radius 1 is 1.26 bits per heavy atom. The third kappa shape index (κ3) is 2.98. The third-order valence-corrected chi connectivity index (χ3v) is 4.64. The molecule has 0 aromatic carbocycles. The van der Waals surface area contributed by atoms with Crippen LogP contribution in [-0.4, -0.2) is 37.3 Å². The highest BCUT2D eigenvalue weighted by molar-refractivity contribution is 5.79. The molecule has 1 saturated heterocycles. The van der Waals surface area contributed by atoms with Gasteiger partial charge < -0.3 is 9.88 Å². The molecule has 0 aliphatic carbocycles. The first-order valence-corrected chi connectivity index (χ1v) is 8.37. The van der Waals surface area contributed by atoms with Crippen LogP contribution in [0.2, 0.25) is 0 Å². The summed E-state index contributed by atoms with van der Waals surface area (Å²) < 4.78 is 0. The molecular weight excluding hydrogens is 290 g/mol. The number of H-pyrrole nitrogens is 1. The number of aromatic nitrogens is 4. The van der Waals surface area contributed by atoms with Crippen LogP contribution >= 0.6 is 0 Å². The van der Waals surface area contributed by atoms with E-state index in [1.807, 2.05) is 4.90 Å². The Kier molecular flexibility index (Phi) is 4.69. The van der Waals surface area contributed by atoms with Gasteiger partial charge in [-0.1, -0.05) is 13.8 Å². The van der Waals surface area contributed by atoms with E-state index < -0.39 is 0 Å². The van der Waals surface area contributed by atoms with Gasteiger partial charge >= 0.3 is 0 Å². The van der Waals surface area contributed by atoms with E-state index in [0.29, 0.717) is 5.82 Å². The zero-order valence-corrected chi connectivity index (χ0v) is 13.7. The Balaban J connectivity index is 1.93. The molecule has 1 atom stereocenters. The van der Waals surface area contributed by atoms with Crippen LogP contribution in [0.4, 0.5) is 0 Å². The van der Waals surface area contributed by atoms with Gasteiger partial charge in [-0.2, -0.15) is 0 Å². The molecule has 0 radical (unpaired) electrons. The van der Waals surface area contributed by atoms with Gasteiger partial charge in [0.1, 0.15) is 5.69 Å². The molecule has 1 aliphatic heterocycles. The number of rotatable bonds is 5. The highest BCUT2D eigenvalue weighted by Gasteiger charge is 2.35. The van der Waals surface area contributed by atoms with Crippen LogP contribution in [0.1, 0.15) is 51.3 Å². The highest BCUT2D eigenvalue weighted by Crippen LogP contribution is 2.36. The maximum atomic E-state index is 12.8. The van der Waals surface area contributed by atoms with Crippen LogP contribution in [0, 0.1) is 5.92 Å². The summed E-state index contributed by atoms with van der Waals surface area (Å²) >= 11 is 0. The van der Waals surface area contributed by atoms with Crippen molar-refractivity contribution < 1.29 is 4.79 Å². The quantitative estimate of drug-likeness (QED) is 0.921. The van der Waals surface area contributed by atoms with Crippen molar-refractivity contribution in [3.63, 3.8) is 0 Å². The number of carbonyl (C=O) groups excluding carboxylic acids is 1. The molecule has 122 valence electrons. The van der Waals surface area contributed by atoms with Gasteiger partial charge in [0, 0.05) is 37.3 Å². The monoisotopic (exact) mass is 313 g/mol. The average molecular weight is 313 g/mol. The van der Waals surface area contributed by atoms with E-state index in [0.717, 1.165) is 43.6 Å². The normalized spacial score (nSPS) is 17.9. The molecule has 0 bridgehead atoms.